The molecule has 6 heteroatoms. The molecule has 1 aliphatic rings. The topological polar surface area (TPSA) is 87.2 Å². The Morgan fingerprint density at radius 3 is 2.78 bits per heavy atom. The molecule has 0 saturated carbocycles. The fourth-order valence-corrected chi connectivity index (χ4v) is 3.41. The summed E-state index contributed by atoms with van der Waals surface area (Å²) in [4.78, 5) is 36.2. The number of aryl methyl sites for hydroxylation is 1. The van der Waals surface area contributed by atoms with Crippen molar-refractivity contribution in [3.8, 4) is 0 Å². The van der Waals surface area contributed by atoms with Crippen LogP contribution < -0.4 is 5.32 Å². The van der Waals surface area contributed by atoms with Gasteiger partial charge in [0, 0.05) is 23.1 Å². The molecule has 4 rings (SSSR count). The van der Waals surface area contributed by atoms with Crippen molar-refractivity contribution in [2.24, 2.45) is 4.99 Å². The van der Waals surface area contributed by atoms with E-state index < -0.39 is 0 Å². The van der Waals surface area contributed by atoms with E-state index in [4.69, 9.17) is 0 Å². The Hall–Kier alpha value is -3.28. The number of anilines is 1. The van der Waals surface area contributed by atoms with Gasteiger partial charge < -0.3 is 4.98 Å². The molecule has 27 heavy (non-hydrogen) atoms. The number of imidazole rings is 1. The summed E-state index contributed by atoms with van der Waals surface area (Å²) < 4.78 is 0. The molecule has 0 fully saturated rings. The number of aliphatic imine (C=N–C) groups is 1. The maximum atomic E-state index is 12.1. The number of Topliss-reactive ketones (excluding diaryl/α,β-unsaturated/α-hetero) is 1. The maximum absolute atomic E-state index is 12.1. The summed E-state index contributed by atoms with van der Waals surface area (Å²) >= 11 is 0. The van der Waals surface area contributed by atoms with Gasteiger partial charge in [0.1, 0.15) is 6.54 Å². The quantitative estimate of drug-likeness (QED) is 0.744. The second-order valence-electron chi connectivity index (χ2n) is 6.71. The molecule has 6 nitrogen and oxygen atoms in total. The Balaban J connectivity index is 1.76. The number of benzene rings is 2. The molecule has 2 aromatic carbocycles. The van der Waals surface area contributed by atoms with E-state index in [-0.39, 0.29) is 18.2 Å². The van der Waals surface area contributed by atoms with Crippen molar-refractivity contribution in [1.29, 1.82) is 0 Å². The third-order valence-electron chi connectivity index (χ3n) is 4.65. The molecule has 0 atom stereocenters. The van der Waals surface area contributed by atoms with Crippen molar-refractivity contribution in [2.45, 2.75) is 26.7 Å². The van der Waals surface area contributed by atoms with E-state index in [2.05, 4.69) is 20.3 Å². The number of rotatable bonds is 4. The van der Waals surface area contributed by atoms with Crippen LogP contribution in [0.4, 0.5) is 5.95 Å². The molecule has 1 aromatic heterocycles. The van der Waals surface area contributed by atoms with Gasteiger partial charge in [-0.05, 0) is 31.0 Å². The Kier molecular flexibility index (Phi) is 4.32. The number of amides is 1. The third kappa shape index (κ3) is 3.14. The van der Waals surface area contributed by atoms with Gasteiger partial charge in [-0.2, -0.15) is 0 Å². The van der Waals surface area contributed by atoms with Crippen molar-refractivity contribution < 1.29 is 9.59 Å². The number of nitrogens with one attached hydrogen (secondary N) is 2. The number of ketones is 1. The molecule has 0 aliphatic carbocycles. The van der Waals surface area contributed by atoms with Gasteiger partial charge in [0.05, 0.1) is 16.7 Å². The average molecular weight is 360 g/mol. The Labute approximate surface area is 156 Å². The van der Waals surface area contributed by atoms with Gasteiger partial charge in [-0.1, -0.05) is 31.2 Å². The largest absolute Gasteiger partial charge is 0.324 e. The molecule has 2 heterocycles. The van der Waals surface area contributed by atoms with Gasteiger partial charge in [-0.3, -0.25) is 19.9 Å². The summed E-state index contributed by atoms with van der Waals surface area (Å²) in [5.41, 5.74) is 5.91. The van der Waals surface area contributed by atoms with Crippen molar-refractivity contribution in [1.82, 2.24) is 9.97 Å². The van der Waals surface area contributed by atoms with Crippen LogP contribution in [0.25, 0.3) is 11.0 Å². The molecular weight excluding hydrogens is 340 g/mol. The third-order valence-corrected chi connectivity index (χ3v) is 4.65. The maximum Gasteiger partial charge on any atom is 0.226 e. The highest BCUT2D eigenvalue weighted by Crippen LogP contribution is 2.25. The van der Waals surface area contributed by atoms with Crippen LogP contribution in [0.3, 0.4) is 0 Å². The van der Waals surface area contributed by atoms with Crippen LogP contribution in [0.5, 0.6) is 0 Å². The van der Waals surface area contributed by atoms with Crippen LogP contribution in [0, 0.1) is 6.92 Å². The van der Waals surface area contributed by atoms with Crippen LogP contribution >= 0.6 is 0 Å². The van der Waals surface area contributed by atoms with Crippen molar-refractivity contribution >= 4 is 34.4 Å². The summed E-state index contributed by atoms with van der Waals surface area (Å²) in [6.45, 7) is 4.09. The number of hydrogen-bond acceptors (Lipinski definition) is 4. The van der Waals surface area contributed by atoms with Gasteiger partial charge >= 0.3 is 0 Å². The van der Waals surface area contributed by atoms with Gasteiger partial charge in [0.2, 0.25) is 11.9 Å². The lowest BCUT2D eigenvalue weighted by Crippen LogP contribution is -2.19. The standard InChI is InChI=1S/C21H20N4O2/c1-3-6-18(27)24-21-23-16-10-13(9-12(2)19(16)25-21)20-15-8-5-4-7-14(15)17(26)11-22-20/h4-5,7-10H,3,6,11H2,1-2H3,(H2,23,24,25,27). The number of aromatic amines is 1. The first-order valence-corrected chi connectivity index (χ1v) is 9.04. The molecule has 1 amide bonds. The lowest BCUT2D eigenvalue weighted by atomic mass is 9.92. The number of fused-ring (bicyclic) bond motifs is 2. The van der Waals surface area contributed by atoms with Crippen molar-refractivity contribution in [3.63, 3.8) is 0 Å². The van der Waals surface area contributed by atoms with Gasteiger partial charge in [-0.15, -0.1) is 0 Å². The molecular formula is C21H20N4O2. The number of carbonyl (C=O) groups excluding carboxylic acids is 2. The minimum absolute atomic E-state index is 0.0367. The van der Waals surface area contributed by atoms with Crippen molar-refractivity contribution in [2.75, 3.05) is 11.9 Å². The summed E-state index contributed by atoms with van der Waals surface area (Å²) in [6.07, 6.45) is 1.25. The molecule has 0 saturated heterocycles. The Morgan fingerprint density at radius 2 is 2.00 bits per heavy atom. The van der Waals surface area contributed by atoms with E-state index >= 15 is 0 Å². The fraction of sp³-hybridized carbons (Fsp3) is 0.238. The molecule has 3 aromatic rings. The molecule has 0 radical (unpaired) electrons. The van der Waals surface area contributed by atoms with E-state index in [9.17, 15) is 9.59 Å². The van der Waals surface area contributed by atoms with Crippen LogP contribution in [0.1, 0.15) is 46.8 Å². The van der Waals surface area contributed by atoms with Crippen LogP contribution in [-0.2, 0) is 4.79 Å². The number of aromatic nitrogens is 2. The summed E-state index contributed by atoms with van der Waals surface area (Å²) in [7, 11) is 0. The first kappa shape index (κ1) is 17.1. The zero-order chi connectivity index (χ0) is 19.0. The first-order valence-electron chi connectivity index (χ1n) is 9.04. The summed E-state index contributed by atoms with van der Waals surface area (Å²) in [5.74, 6) is 0.429. The minimum atomic E-state index is -0.0569. The predicted molar refractivity (Wildman–Crippen MR) is 106 cm³/mol. The van der Waals surface area contributed by atoms with Gasteiger partial charge in [0.25, 0.3) is 0 Å². The average Bonchev–Trinajstić information content (AvgIpc) is 3.05. The second kappa shape index (κ2) is 6.79. The first-order chi connectivity index (χ1) is 13.1. The Bertz CT molecular complexity index is 1090. The highest BCUT2D eigenvalue weighted by Gasteiger charge is 2.22. The lowest BCUT2D eigenvalue weighted by Gasteiger charge is -2.16. The normalized spacial score (nSPS) is 13.4. The van der Waals surface area contributed by atoms with Gasteiger partial charge in [-0.25, -0.2) is 4.98 Å². The Morgan fingerprint density at radius 1 is 1.22 bits per heavy atom. The zero-order valence-corrected chi connectivity index (χ0v) is 15.3. The van der Waals surface area contributed by atoms with Crippen LogP contribution in [0.2, 0.25) is 0 Å². The molecule has 1 aliphatic heterocycles. The lowest BCUT2D eigenvalue weighted by molar-refractivity contribution is -0.116. The number of carbonyl (C=O) groups is 2. The number of hydrogen-bond donors (Lipinski definition) is 2. The molecule has 0 spiro atoms. The summed E-state index contributed by atoms with van der Waals surface area (Å²) in [6, 6.07) is 11.5. The molecule has 136 valence electrons. The molecule has 0 unspecified atom stereocenters. The smallest absolute Gasteiger partial charge is 0.226 e. The second-order valence-corrected chi connectivity index (χ2v) is 6.71. The molecule has 0 bridgehead atoms. The van der Waals surface area contributed by atoms with E-state index in [1.165, 1.54) is 0 Å². The van der Waals surface area contributed by atoms with Crippen LogP contribution in [-0.4, -0.2) is 33.9 Å². The number of H-pyrrole nitrogens is 1. The SMILES string of the molecule is CCCC(=O)Nc1nc2c(C)cc(C3=NCC(=O)c4ccccc43)cc2[nH]1. The van der Waals surface area contributed by atoms with E-state index in [0.29, 0.717) is 17.9 Å². The molecule has 2 N–H and O–H groups in total. The van der Waals surface area contributed by atoms with Gasteiger partial charge in [0.15, 0.2) is 5.78 Å². The summed E-state index contributed by atoms with van der Waals surface area (Å²) in [5, 5.41) is 2.80. The highest BCUT2D eigenvalue weighted by molar-refractivity contribution is 6.22. The monoisotopic (exact) mass is 360 g/mol. The highest BCUT2D eigenvalue weighted by atomic mass is 16.1. The predicted octanol–water partition coefficient (Wildman–Crippen LogP) is 3.64. The van der Waals surface area contributed by atoms with Crippen molar-refractivity contribution in [3.05, 3.63) is 58.7 Å². The minimum Gasteiger partial charge on any atom is -0.324 e. The number of nitrogens with zero attached hydrogens (tertiary/aromatic N) is 2. The fourth-order valence-electron chi connectivity index (χ4n) is 3.41. The van der Waals surface area contributed by atoms with E-state index in [1.807, 2.05) is 50.2 Å². The van der Waals surface area contributed by atoms with Crippen LogP contribution in [0.15, 0.2) is 41.4 Å². The van der Waals surface area contributed by atoms with E-state index in [0.717, 1.165) is 39.9 Å². The zero-order valence-electron chi connectivity index (χ0n) is 15.3. The van der Waals surface area contributed by atoms with E-state index in [1.54, 1.807) is 0 Å².